The summed E-state index contributed by atoms with van der Waals surface area (Å²) in [4.78, 5) is 10.5. The van der Waals surface area contributed by atoms with Crippen molar-refractivity contribution in [2.45, 2.75) is 10.9 Å². The van der Waals surface area contributed by atoms with Gasteiger partial charge in [0.25, 0.3) is 0 Å². The van der Waals surface area contributed by atoms with Crippen LogP contribution in [0.5, 0.6) is 5.75 Å². The lowest BCUT2D eigenvalue weighted by Gasteiger charge is -2.03. The number of hydrogen-bond donors (Lipinski definition) is 1. The van der Waals surface area contributed by atoms with E-state index in [-0.39, 0.29) is 6.61 Å². The van der Waals surface area contributed by atoms with Crippen LogP contribution in [-0.4, -0.2) is 38.8 Å². The second-order valence-electron chi connectivity index (χ2n) is 5.37. The van der Waals surface area contributed by atoms with Crippen LogP contribution in [0, 0.1) is 0 Å². The maximum Gasteiger partial charge on any atom is 0.341 e. The first kappa shape index (κ1) is 18.9. The standard InChI is InChI=1S/C18H15ClN4O3S/c19-15-5-1-14(2-6-15)11-27-18-22-20-12-23(18)21-9-13-3-7-16(8-4-13)26-10-17(24)25/h1-9,12H,10-11H2,(H,24,25)/b21-9-. The summed E-state index contributed by atoms with van der Waals surface area (Å²) in [7, 11) is 0. The van der Waals surface area contributed by atoms with Gasteiger partial charge in [-0.15, -0.1) is 10.2 Å². The second kappa shape index (κ2) is 9.20. The molecule has 9 heteroatoms. The monoisotopic (exact) mass is 402 g/mol. The van der Waals surface area contributed by atoms with Crippen molar-refractivity contribution in [3.05, 3.63) is 71.0 Å². The van der Waals surface area contributed by atoms with Gasteiger partial charge in [0.2, 0.25) is 5.16 Å². The minimum atomic E-state index is -1.02. The van der Waals surface area contributed by atoms with Gasteiger partial charge in [0, 0.05) is 10.8 Å². The largest absolute Gasteiger partial charge is 0.482 e. The van der Waals surface area contributed by atoms with E-state index in [2.05, 4.69) is 15.3 Å². The fourth-order valence-corrected chi connectivity index (χ4v) is 2.99. The number of rotatable bonds is 8. The Morgan fingerprint density at radius 3 is 2.67 bits per heavy atom. The summed E-state index contributed by atoms with van der Waals surface area (Å²) < 4.78 is 6.69. The molecule has 7 nitrogen and oxygen atoms in total. The molecule has 3 aromatic rings. The Labute approximate surface area is 164 Å². The lowest BCUT2D eigenvalue weighted by molar-refractivity contribution is -0.139. The van der Waals surface area contributed by atoms with Crippen LogP contribution < -0.4 is 4.74 Å². The summed E-state index contributed by atoms with van der Waals surface area (Å²) in [6, 6.07) is 14.6. The average Bonchev–Trinajstić information content (AvgIpc) is 3.12. The highest BCUT2D eigenvalue weighted by Gasteiger charge is 2.05. The molecule has 1 N–H and O–H groups in total. The molecule has 0 fully saturated rings. The van der Waals surface area contributed by atoms with Crippen molar-refractivity contribution in [1.29, 1.82) is 0 Å². The van der Waals surface area contributed by atoms with Gasteiger partial charge < -0.3 is 9.84 Å². The zero-order valence-corrected chi connectivity index (χ0v) is 15.6. The predicted molar refractivity (Wildman–Crippen MR) is 104 cm³/mol. The summed E-state index contributed by atoms with van der Waals surface area (Å²) >= 11 is 7.41. The maximum absolute atomic E-state index is 10.5. The Hall–Kier alpha value is -2.84. The van der Waals surface area contributed by atoms with Crippen LogP contribution in [-0.2, 0) is 10.5 Å². The molecule has 138 valence electrons. The number of benzene rings is 2. The van der Waals surface area contributed by atoms with E-state index in [0.29, 0.717) is 15.9 Å². The van der Waals surface area contributed by atoms with Crippen LogP contribution in [0.3, 0.4) is 0 Å². The van der Waals surface area contributed by atoms with Gasteiger partial charge in [0.05, 0.1) is 6.21 Å². The number of thioether (sulfide) groups is 1. The lowest BCUT2D eigenvalue weighted by atomic mass is 10.2. The normalized spacial score (nSPS) is 11.0. The van der Waals surface area contributed by atoms with E-state index in [1.807, 2.05) is 24.3 Å². The van der Waals surface area contributed by atoms with Gasteiger partial charge in [-0.3, -0.25) is 0 Å². The van der Waals surface area contributed by atoms with Crippen LogP contribution in [0.1, 0.15) is 11.1 Å². The van der Waals surface area contributed by atoms with Crippen molar-refractivity contribution in [3.63, 3.8) is 0 Å². The van der Waals surface area contributed by atoms with E-state index in [9.17, 15) is 4.79 Å². The Bertz CT molecular complexity index is 927. The molecule has 2 aromatic carbocycles. The highest BCUT2D eigenvalue weighted by Crippen LogP contribution is 2.21. The van der Waals surface area contributed by atoms with Gasteiger partial charge in [0.1, 0.15) is 12.1 Å². The number of nitrogens with zero attached hydrogens (tertiary/aromatic N) is 4. The number of carbonyl (C=O) groups is 1. The van der Waals surface area contributed by atoms with E-state index in [0.717, 1.165) is 16.9 Å². The summed E-state index contributed by atoms with van der Waals surface area (Å²) in [5, 5.41) is 22.3. The maximum atomic E-state index is 10.5. The average molecular weight is 403 g/mol. The summed E-state index contributed by atoms with van der Waals surface area (Å²) in [5.74, 6) is 0.191. The number of hydrogen-bond acceptors (Lipinski definition) is 6. The minimum absolute atomic E-state index is 0.373. The number of carboxylic acid groups (broad SMARTS) is 1. The third-order valence-electron chi connectivity index (χ3n) is 3.36. The van der Waals surface area contributed by atoms with Gasteiger partial charge in [-0.2, -0.15) is 9.78 Å². The molecule has 0 spiro atoms. The SMILES string of the molecule is O=C(O)COc1ccc(/C=N\n2cnnc2SCc2ccc(Cl)cc2)cc1. The first-order chi connectivity index (χ1) is 13.1. The Kier molecular flexibility index (Phi) is 6.45. The van der Waals surface area contributed by atoms with Gasteiger partial charge in [-0.05, 0) is 47.5 Å². The number of aliphatic carboxylic acids is 1. The molecular formula is C18H15ClN4O3S. The molecule has 0 atom stereocenters. The summed E-state index contributed by atoms with van der Waals surface area (Å²) in [5.41, 5.74) is 1.96. The first-order valence-electron chi connectivity index (χ1n) is 7.86. The van der Waals surface area contributed by atoms with E-state index in [4.69, 9.17) is 21.4 Å². The van der Waals surface area contributed by atoms with Crippen molar-refractivity contribution in [2.24, 2.45) is 5.10 Å². The first-order valence-corrected chi connectivity index (χ1v) is 9.23. The topological polar surface area (TPSA) is 89.6 Å². The van der Waals surface area contributed by atoms with Gasteiger partial charge >= 0.3 is 5.97 Å². The summed E-state index contributed by atoms with van der Waals surface area (Å²) in [6.07, 6.45) is 3.20. The van der Waals surface area contributed by atoms with Gasteiger partial charge in [-0.25, -0.2) is 4.79 Å². The molecule has 0 aliphatic rings. The molecule has 0 unspecified atom stereocenters. The second-order valence-corrected chi connectivity index (χ2v) is 6.75. The molecule has 1 aromatic heterocycles. The molecule has 1 heterocycles. The van der Waals surface area contributed by atoms with E-state index < -0.39 is 5.97 Å². The lowest BCUT2D eigenvalue weighted by Crippen LogP contribution is -2.09. The summed E-state index contributed by atoms with van der Waals surface area (Å²) in [6.45, 7) is -0.373. The molecule has 0 aliphatic carbocycles. The van der Waals surface area contributed by atoms with Crippen molar-refractivity contribution < 1.29 is 14.6 Å². The minimum Gasteiger partial charge on any atom is -0.482 e. The fourth-order valence-electron chi connectivity index (χ4n) is 2.05. The van der Waals surface area contributed by atoms with E-state index >= 15 is 0 Å². The molecule has 0 amide bonds. The quantitative estimate of drug-likeness (QED) is 0.457. The van der Waals surface area contributed by atoms with Crippen LogP contribution in [0.4, 0.5) is 0 Å². The van der Waals surface area contributed by atoms with Crippen LogP contribution >= 0.6 is 23.4 Å². The molecule has 3 rings (SSSR count). The van der Waals surface area contributed by atoms with E-state index in [1.54, 1.807) is 35.2 Å². The van der Waals surface area contributed by atoms with E-state index in [1.165, 1.54) is 18.1 Å². The molecular weight excluding hydrogens is 388 g/mol. The number of aromatic nitrogens is 3. The smallest absolute Gasteiger partial charge is 0.341 e. The third kappa shape index (κ3) is 5.83. The molecule has 0 saturated carbocycles. The van der Waals surface area contributed by atoms with Crippen molar-refractivity contribution in [1.82, 2.24) is 14.9 Å². The van der Waals surface area contributed by atoms with Crippen molar-refractivity contribution in [2.75, 3.05) is 6.61 Å². The molecule has 0 saturated heterocycles. The van der Waals surface area contributed by atoms with Crippen LogP contribution in [0.15, 0.2) is 65.1 Å². The Morgan fingerprint density at radius 1 is 1.22 bits per heavy atom. The van der Waals surface area contributed by atoms with Crippen LogP contribution in [0.2, 0.25) is 5.02 Å². The fraction of sp³-hybridized carbons (Fsp3) is 0.111. The molecule has 0 aliphatic heterocycles. The number of carboxylic acids is 1. The molecule has 0 bridgehead atoms. The molecule has 0 radical (unpaired) electrons. The Balaban J connectivity index is 1.60. The Morgan fingerprint density at radius 2 is 1.96 bits per heavy atom. The van der Waals surface area contributed by atoms with Gasteiger partial charge in [-0.1, -0.05) is 35.5 Å². The highest BCUT2D eigenvalue weighted by atomic mass is 35.5. The predicted octanol–water partition coefficient (Wildman–Crippen LogP) is 3.57. The zero-order chi connectivity index (χ0) is 19.1. The van der Waals surface area contributed by atoms with Crippen molar-refractivity contribution in [3.8, 4) is 5.75 Å². The third-order valence-corrected chi connectivity index (χ3v) is 4.61. The van der Waals surface area contributed by atoms with Crippen LogP contribution in [0.25, 0.3) is 0 Å². The number of ether oxygens (including phenoxy) is 1. The number of halogens is 1. The highest BCUT2D eigenvalue weighted by molar-refractivity contribution is 7.98. The van der Waals surface area contributed by atoms with Gasteiger partial charge in [0.15, 0.2) is 6.61 Å². The van der Waals surface area contributed by atoms with Crippen molar-refractivity contribution >= 4 is 35.5 Å². The molecule has 27 heavy (non-hydrogen) atoms. The zero-order valence-electron chi connectivity index (χ0n) is 14.0.